The third-order valence-electron chi connectivity index (χ3n) is 4.24. The van der Waals surface area contributed by atoms with Gasteiger partial charge < -0.3 is 9.47 Å². The standard InChI is InChI=1S/C18H16O6/c1-9(19)23-13-7-3-5-11-15(13)17(21)12-6-4-8-14(24-10(2)20)16(12)18(11)22/h3-5,7-8,12,14,16H,6H2,1-2H3/t12-,14-,16-/m1/s1. The molecule has 3 atom stereocenters. The molecule has 0 radical (unpaired) electrons. The summed E-state index contributed by atoms with van der Waals surface area (Å²) in [6, 6.07) is 4.58. The number of hydrogen-bond donors (Lipinski definition) is 0. The molecule has 0 aromatic heterocycles. The topological polar surface area (TPSA) is 86.7 Å². The largest absolute Gasteiger partial charge is 0.458 e. The average Bonchev–Trinajstić information content (AvgIpc) is 2.51. The number of carbonyl (C=O) groups excluding carboxylic acids is 4. The summed E-state index contributed by atoms with van der Waals surface area (Å²) >= 11 is 0. The van der Waals surface area contributed by atoms with Crippen molar-refractivity contribution in [2.24, 2.45) is 11.8 Å². The van der Waals surface area contributed by atoms with Crippen molar-refractivity contribution in [3.8, 4) is 5.75 Å². The van der Waals surface area contributed by atoms with Gasteiger partial charge in [-0.25, -0.2) is 0 Å². The Morgan fingerprint density at radius 3 is 2.50 bits per heavy atom. The van der Waals surface area contributed by atoms with Crippen LogP contribution in [0.2, 0.25) is 0 Å². The zero-order valence-corrected chi connectivity index (χ0v) is 13.3. The fourth-order valence-electron chi connectivity index (χ4n) is 3.36. The van der Waals surface area contributed by atoms with Crippen molar-refractivity contribution in [3.63, 3.8) is 0 Å². The van der Waals surface area contributed by atoms with E-state index < -0.39 is 29.9 Å². The Morgan fingerprint density at radius 2 is 1.83 bits per heavy atom. The maximum Gasteiger partial charge on any atom is 0.308 e. The molecule has 0 saturated carbocycles. The van der Waals surface area contributed by atoms with Gasteiger partial charge >= 0.3 is 11.9 Å². The second-order valence-electron chi connectivity index (χ2n) is 5.87. The van der Waals surface area contributed by atoms with E-state index in [1.807, 2.05) is 0 Å². The Morgan fingerprint density at radius 1 is 1.08 bits per heavy atom. The third kappa shape index (κ3) is 2.64. The monoisotopic (exact) mass is 328 g/mol. The van der Waals surface area contributed by atoms with E-state index in [9.17, 15) is 19.2 Å². The van der Waals surface area contributed by atoms with Gasteiger partial charge in [0.2, 0.25) is 0 Å². The number of ketones is 2. The fraction of sp³-hybridized carbons (Fsp3) is 0.333. The molecule has 6 heteroatoms. The van der Waals surface area contributed by atoms with Gasteiger partial charge in [-0.1, -0.05) is 18.2 Å². The van der Waals surface area contributed by atoms with Gasteiger partial charge in [0.25, 0.3) is 0 Å². The Kier molecular flexibility index (Phi) is 4.05. The van der Waals surface area contributed by atoms with Gasteiger partial charge in [-0.2, -0.15) is 0 Å². The molecule has 0 aliphatic heterocycles. The minimum Gasteiger partial charge on any atom is -0.458 e. The van der Waals surface area contributed by atoms with E-state index in [-0.39, 0.29) is 28.4 Å². The minimum absolute atomic E-state index is 0.0930. The number of carbonyl (C=O) groups is 4. The van der Waals surface area contributed by atoms with Crippen LogP contribution in [0.1, 0.15) is 41.0 Å². The number of allylic oxidation sites excluding steroid dienone is 1. The molecule has 0 saturated heterocycles. The smallest absolute Gasteiger partial charge is 0.308 e. The van der Waals surface area contributed by atoms with E-state index in [2.05, 4.69) is 0 Å². The van der Waals surface area contributed by atoms with Gasteiger partial charge in [-0.3, -0.25) is 19.2 Å². The summed E-state index contributed by atoms with van der Waals surface area (Å²) in [5.41, 5.74) is 0.336. The lowest BCUT2D eigenvalue weighted by Gasteiger charge is -2.36. The fourth-order valence-corrected chi connectivity index (χ4v) is 3.36. The van der Waals surface area contributed by atoms with Gasteiger partial charge in [-0.05, 0) is 18.6 Å². The maximum absolute atomic E-state index is 12.9. The Bertz CT molecular complexity index is 776. The quantitative estimate of drug-likeness (QED) is 0.469. The summed E-state index contributed by atoms with van der Waals surface area (Å²) in [7, 11) is 0. The van der Waals surface area contributed by atoms with Crippen LogP contribution in [0.25, 0.3) is 0 Å². The first-order chi connectivity index (χ1) is 11.4. The summed E-state index contributed by atoms with van der Waals surface area (Å²) in [5, 5.41) is 0. The second-order valence-corrected chi connectivity index (χ2v) is 5.87. The van der Waals surface area contributed by atoms with E-state index in [0.29, 0.717) is 6.42 Å². The lowest BCUT2D eigenvalue weighted by molar-refractivity contribution is -0.146. The van der Waals surface area contributed by atoms with Crippen LogP contribution in [0.4, 0.5) is 0 Å². The van der Waals surface area contributed by atoms with Crippen LogP contribution in [0.15, 0.2) is 30.4 Å². The van der Waals surface area contributed by atoms with Crippen molar-refractivity contribution in [1.29, 1.82) is 0 Å². The molecular formula is C18H16O6. The zero-order chi connectivity index (χ0) is 17.4. The number of benzene rings is 1. The van der Waals surface area contributed by atoms with Crippen LogP contribution in [-0.4, -0.2) is 29.6 Å². The number of hydrogen-bond acceptors (Lipinski definition) is 6. The molecule has 6 nitrogen and oxygen atoms in total. The van der Waals surface area contributed by atoms with Crippen molar-refractivity contribution in [3.05, 3.63) is 41.5 Å². The normalized spacial score (nSPS) is 24.8. The van der Waals surface area contributed by atoms with E-state index in [1.54, 1.807) is 18.2 Å². The van der Waals surface area contributed by atoms with Crippen LogP contribution >= 0.6 is 0 Å². The molecule has 0 N–H and O–H groups in total. The molecule has 0 bridgehead atoms. The van der Waals surface area contributed by atoms with Crippen LogP contribution in [0.3, 0.4) is 0 Å². The van der Waals surface area contributed by atoms with Gasteiger partial charge in [0.15, 0.2) is 11.6 Å². The molecule has 1 aromatic carbocycles. The molecule has 1 aromatic rings. The number of esters is 2. The Hall–Kier alpha value is -2.76. The van der Waals surface area contributed by atoms with E-state index in [0.717, 1.165) is 0 Å². The van der Waals surface area contributed by atoms with Gasteiger partial charge in [0, 0.05) is 25.3 Å². The second kappa shape index (κ2) is 6.03. The maximum atomic E-state index is 12.9. The van der Waals surface area contributed by atoms with Crippen molar-refractivity contribution < 1.29 is 28.7 Å². The van der Waals surface area contributed by atoms with Crippen LogP contribution in [0.5, 0.6) is 5.75 Å². The molecule has 0 heterocycles. The summed E-state index contributed by atoms with van der Waals surface area (Å²) in [5.74, 6) is -2.90. The molecule has 124 valence electrons. The van der Waals surface area contributed by atoms with Crippen molar-refractivity contribution in [2.75, 3.05) is 0 Å². The Labute approximate surface area is 138 Å². The summed E-state index contributed by atoms with van der Waals surface area (Å²) in [6.45, 7) is 2.50. The lowest BCUT2D eigenvalue weighted by Crippen LogP contribution is -2.45. The highest BCUT2D eigenvalue weighted by Gasteiger charge is 2.48. The molecule has 24 heavy (non-hydrogen) atoms. The molecule has 2 aliphatic carbocycles. The highest BCUT2D eigenvalue weighted by Crippen LogP contribution is 2.41. The molecule has 0 unspecified atom stereocenters. The third-order valence-corrected chi connectivity index (χ3v) is 4.24. The van der Waals surface area contributed by atoms with Crippen LogP contribution < -0.4 is 4.74 Å². The summed E-state index contributed by atoms with van der Waals surface area (Å²) in [6.07, 6.45) is 3.00. The molecule has 0 spiro atoms. The average molecular weight is 328 g/mol. The molecule has 3 rings (SSSR count). The predicted molar refractivity (Wildman–Crippen MR) is 82.7 cm³/mol. The predicted octanol–water partition coefficient (Wildman–Crippen LogP) is 2.11. The zero-order valence-electron chi connectivity index (χ0n) is 13.3. The first-order valence-electron chi connectivity index (χ1n) is 7.64. The van der Waals surface area contributed by atoms with Crippen LogP contribution in [0, 0.1) is 11.8 Å². The molecular weight excluding hydrogens is 312 g/mol. The first kappa shape index (κ1) is 16.1. The van der Waals surface area contributed by atoms with Gasteiger partial charge in [0.05, 0.1) is 11.5 Å². The van der Waals surface area contributed by atoms with Gasteiger partial charge in [-0.15, -0.1) is 0 Å². The molecule has 0 fully saturated rings. The lowest BCUT2D eigenvalue weighted by atomic mass is 9.68. The van der Waals surface area contributed by atoms with Crippen LogP contribution in [-0.2, 0) is 14.3 Å². The number of fused-ring (bicyclic) bond motifs is 2. The Balaban J connectivity index is 2.08. The molecule has 0 amide bonds. The number of rotatable bonds is 2. The van der Waals surface area contributed by atoms with Gasteiger partial charge in [0.1, 0.15) is 11.9 Å². The minimum atomic E-state index is -0.761. The molecule has 2 aliphatic rings. The SMILES string of the molecule is CC(=O)Oc1cccc2c1C(=O)[C@@H]1CC=C[C@@H](OC(C)=O)[C@@H]1C2=O. The summed E-state index contributed by atoms with van der Waals surface area (Å²) < 4.78 is 10.3. The van der Waals surface area contributed by atoms with Crippen molar-refractivity contribution in [1.82, 2.24) is 0 Å². The number of Topliss-reactive ketones (excluding diaryl/α,β-unsaturated/α-hetero) is 2. The summed E-state index contributed by atoms with van der Waals surface area (Å²) in [4.78, 5) is 48.4. The van der Waals surface area contributed by atoms with E-state index in [1.165, 1.54) is 26.0 Å². The first-order valence-corrected chi connectivity index (χ1v) is 7.64. The van der Waals surface area contributed by atoms with Crippen molar-refractivity contribution in [2.45, 2.75) is 26.4 Å². The van der Waals surface area contributed by atoms with E-state index >= 15 is 0 Å². The van der Waals surface area contributed by atoms with Crippen molar-refractivity contribution >= 4 is 23.5 Å². The highest BCUT2D eigenvalue weighted by molar-refractivity contribution is 6.18. The highest BCUT2D eigenvalue weighted by atomic mass is 16.5. The number of ether oxygens (including phenoxy) is 2. The van der Waals surface area contributed by atoms with E-state index in [4.69, 9.17) is 9.47 Å².